The van der Waals surface area contributed by atoms with Crippen molar-refractivity contribution in [2.24, 2.45) is 0 Å². The average Bonchev–Trinajstić information content (AvgIpc) is 2.22. The maximum absolute atomic E-state index is 3.28. The molecule has 1 aliphatic heterocycles. The molecule has 2 heterocycles. The molecule has 2 rings (SSSR count). The van der Waals surface area contributed by atoms with Crippen molar-refractivity contribution in [1.82, 2.24) is 4.98 Å². The lowest BCUT2D eigenvalue weighted by Gasteiger charge is -1.77. The van der Waals surface area contributed by atoms with Crippen molar-refractivity contribution < 1.29 is 4.57 Å². The molecule has 0 spiro atoms. The minimum Gasteiger partial charge on any atom is -0.235 e. The van der Waals surface area contributed by atoms with Gasteiger partial charge < -0.3 is 0 Å². The molecule has 0 aromatic carbocycles. The zero-order valence-corrected chi connectivity index (χ0v) is 6.16. The summed E-state index contributed by atoms with van der Waals surface area (Å²) in [5.41, 5.74) is 1.26. The smallest absolute Gasteiger partial charge is 0.235 e. The Morgan fingerprint density at radius 1 is 1.78 bits per heavy atom. The quantitative estimate of drug-likeness (QED) is 0.528. The van der Waals surface area contributed by atoms with E-state index in [1.165, 1.54) is 23.1 Å². The van der Waals surface area contributed by atoms with E-state index in [4.69, 9.17) is 0 Å². The van der Waals surface area contributed by atoms with Crippen LogP contribution in [0.5, 0.6) is 0 Å². The van der Waals surface area contributed by atoms with E-state index in [1.807, 2.05) is 11.8 Å². The predicted octanol–water partition coefficient (Wildman–Crippen LogP) is 0.716. The van der Waals surface area contributed by atoms with Crippen LogP contribution >= 0.6 is 11.8 Å². The average molecular weight is 141 g/mol. The van der Waals surface area contributed by atoms with Gasteiger partial charge in [0, 0.05) is 12.7 Å². The van der Waals surface area contributed by atoms with Crippen LogP contribution in [0, 0.1) is 6.92 Å². The van der Waals surface area contributed by atoms with Crippen molar-refractivity contribution in [1.29, 1.82) is 0 Å². The zero-order chi connectivity index (χ0) is 6.27. The summed E-state index contributed by atoms with van der Waals surface area (Å²) in [5.74, 6) is 1.23. The van der Waals surface area contributed by atoms with Gasteiger partial charge in [-0.1, -0.05) is 0 Å². The van der Waals surface area contributed by atoms with E-state index in [0.717, 1.165) is 0 Å². The van der Waals surface area contributed by atoms with Gasteiger partial charge in [0.05, 0.1) is 0 Å². The highest BCUT2D eigenvalue weighted by Crippen LogP contribution is 2.16. The molecule has 0 saturated heterocycles. The van der Waals surface area contributed by atoms with E-state index in [2.05, 4.69) is 22.7 Å². The summed E-state index contributed by atoms with van der Waals surface area (Å²) in [6.45, 7) is 3.26. The highest BCUT2D eigenvalue weighted by molar-refractivity contribution is 7.99. The lowest BCUT2D eigenvalue weighted by Crippen LogP contribution is -2.29. The second kappa shape index (κ2) is 1.77. The molecule has 9 heavy (non-hydrogen) atoms. The number of fused-ring (bicyclic) bond motifs is 1. The molecule has 2 nitrogen and oxygen atoms in total. The number of H-pyrrole nitrogens is 1. The standard InChI is InChI=1S/C6H8N2S/c1-5-4-8-2-3-9-6(8)7-5/h4H,2-3H2,1H3/p+1. The van der Waals surface area contributed by atoms with E-state index in [0.29, 0.717) is 0 Å². The zero-order valence-electron chi connectivity index (χ0n) is 5.35. The molecule has 0 radical (unpaired) electrons. The topological polar surface area (TPSA) is 19.7 Å². The summed E-state index contributed by atoms with van der Waals surface area (Å²) in [4.78, 5) is 3.28. The predicted molar refractivity (Wildman–Crippen MR) is 36.4 cm³/mol. The van der Waals surface area contributed by atoms with E-state index < -0.39 is 0 Å². The number of thioether (sulfide) groups is 1. The van der Waals surface area contributed by atoms with Gasteiger partial charge in [-0.3, -0.25) is 0 Å². The SMILES string of the molecule is Cc1c[n+]2c([nH]1)SCC2. The van der Waals surface area contributed by atoms with Crippen LogP contribution in [0.4, 0.5) is 0 Å². The number of nitrogens with one attached hydrogen (secondary N) is 1. The Kier molecular flexibility index (Phi) is 1.05. The summed E-state index contributed by atoms with van der Waals surface area (Å²) < 4.78 is 2.26. The van der Waals surface area contributed by atoms with Crippen LogP contribution in [0.15, 0.2) is 11.4 Å². The van der Waals surface area contributed by atoms with Gasteiger partial charge in [0.2, 0.25) is 0 Å². The van der Waals surface area contributed by atoms with Crippen molar-refractivity contribution in [3.63, 3.8) is 0 Å². The van der Waals surface area contributed by atoms with E-state index >= 15 is 0 Å². The molecule has 0 atom stereocenters. The molecule has 1 N–H and O–H groups in total. The minimum absolute atomic E-state index is 1.17. The monoisotopic (exact) mass is 141 g/mol. The summed E-state index contributed by atoms with van der Waals surface area (Å²) in [5, 5.41) is 1.31. The van der Waals surface area contributed by atoms with Gasteiger partial charge in [0.15, 0.2) is 0 Å². The number of aromatic amines is 1. The van der Waals surface area contributed by atoms with Crippen molar-refractivity contribution in [3.8, 4) is 0 Å². The highest BCUT2D eigenvalue weighted by atomic mass is 32.2. The Hall–Kier alpha value is -0.440. The normalized spacial score (nSPS) is 16.1. The molecule has 0 bridgehead atoms. The Morgan fingerprint density at radius 3 is 3.44 bits per heavy atom. The van der Waals surface area contributed by atoms with Gasteiger partial charge >= 0.3 is 5.16 Å². The third kappa shape index (κ3) is 0.758. The number of hydrogen-bond acceptors (Lipinski definition) is 1. The van der Waals surface area contributed by atoms with Crippen LogP contribution in [-0.4, -0.2) is 10.7 Å². The fourth-order valence-corrected chi connectivity index (χ4v) is 2.12. The van der Waals surface area contributed by atoms with Gasteiger partial charge in [-0.2, -0.15) is 0 Å². The first-order chi connectivity index (χ1) is 4.36. The molecule has 1 aromatic rings. The molecule has 0 saturated carbocycles. The fraction of sp³-hybridized carbons (Fsp3) is 0.500. The number of nitrogens with zero attached hydrogens (tertiary/aromatic N) is 1. The maximum Gasteiger partial charge on any atom is 0.316 e. The van der Waals surface area contributed by atoms with Crippen LogP contribution < -0.4 is 4.57 Å². The number of aromatic nitrogens is 2. The van der Waals surface area contributed by atoms with Gasteiger partial charge in [-0.05, 0) is 11.8 Å². The summed E-state index contributed by atoms with van der Waals surface area (Å²) >= 11 is 1.90. The Morgan fingerprint density at radius 2 is 2.67 bits per heavy atom. The van der Waals surface area contributed by atoms with Crippen LogP contribution in [0.25, 0.3) is 0 Å². The molecule has 0 unspecified atom stereocenters. The maximum atomic E-state index is 3.28. The Balaban J connectivity index is 2.51. The van der Waals surface area contributed by atoms with E-state index in [1.54, 1.807) is 0 Å². The first-order valence-corrected chi connectivity index (χ1v) is 4.07. The highest BCUT2D eigenvalue weighted by Gasteiger charge is 2.19. The van der Waals surface area contributed by atoms with E-state index in [-0.39, 0.29) is 0 Å². The molecule has 0 aliphatic carbocycles. The molecular weight excluding hydrogens is 132 g/mol. The van der Waals surface area contributed by atoms with Gasteiger partial charge in [0.1, 0.15) is 18.4 Å². The molecule has 0 amide bonds. The van der Waals surface area contributed by atoms with Crippen LogP contribution in [0.3, 0.4) is 0 Å². The van der Waals surface area contributed by atoms with Gasteiger partial charge in [0.25, 0.3) is 0 Å². The minimum atomic E-state index is 1.17. The first-order valence-electron chi connectivity index (χ1n) is 3.08. The number of imidazole rings is 1. The van der Waals surface area contributed by atoms with Crippen LogP contribution in [-0.2, 0) is 6.54 Å². The molecular formula is C6H9N2S+. The first kappa shape index (κ1) is 5.35. The third-order valence-electron chi connectivity index (χ3n) is 1.49. The largest absolute Gasteiger partial charge is 0.316 e. The Labute approximate surface area is 58.3 Å². The van der Waals surface area contributed by atoms with Crippen LogP contribution in [0.1, 0.15) is 5.69 Å². The second-order valence-corrected chi connectivity index (χ2v) is 3.37. The molecule has 48 valence electrons. The number of aryl methyl sites for hydroxylation is 2. The van der Waals surface area contributed by atoms with Crippen molar-refractivity contribution in [2.45, 2.75) is 18.6 Å². The molecule has 0 fully saturated rings. The molecule has 3 heteroatoms. The van der Waals surface area contributed by atoms with Crippen molar-refractivity contribution in [2.75, 3.05) is 5.75 Å². The summed E-state index contributed by atoms with van der Waals surface area (Å²) in [6, 6.07) is 0. The molecule has 1 aliphatic rings. The van der Waals surface area contributed by atoms with Gasteiger partial charge in [-0.25, -0.2) is 9.55 Å². The molecule has 1 aromatic heterocycles. The number of rotatable bonds is 0. The van der Waals surface area contributed by atoms with Crippen molar-refractivity contribution >= 4 is 11.8 Å². The van der Waals surface area contributed by atoms with Gasteiger partial charge in [-0.15, -0.1) is 0 Å². The summed E-state index contributed by atoms with van der Waals surface area (Å²) in [6.07, 6.45) is 2.16. The third-order valence-corrected chi connectivity index (χ3v) is 2.48. The fourth-order valence-electron chi connectivity index (χ4n) is 1.09. The lowest BCUT2D eigenvalue weighted by atomic mass is 10.6. The summed E-state index contributed by atoms with van der Waals surface area (Å²) in [7, 11) is 0. The number of hydrogen-bond donors (Lipinski definition) is 1. The Bertz CT molecular complexity index is 207. The second-order valence-electron chi connectivity index (χ2n) is 2.28. The van der Waals surface area contributed by atoms with Crippen LogP contribution in [0.2, 0.25) is 0 Å². The van der Waals surface area contributed by atoms with Crippen molar-refractivity contribution in [3.05, 3.63) is 11.9 Å². The lowest BCUT2D eigenvalue weighted by molar-refractivity contribution is -0.722. The van der Waals surface area contributed by atoms with E-state index in [9.17, 15) is 0 Å².